The number of esters is 5. The lowest BCUT2D eigenvalue weighted by atomic mass is 9.76. The first kappa shape index (κ1) is 44.5. The van der Waals surface area contributed by atoms with Gasteiger partial charge in [-0.1, -0.05) is 18.2 Å². The first-order chi connectivity index (χ1) is 29.8. The van der Waals surface area contributed by atoms with Gasteiger partial charge < -0.3 is 38.3 Å². The molecule has 1 N–H and O–H groups in total. The molecule has 0 amide bonds. The van der Waals surface area contributed by atoms with Gasteiger partial charge in [-0.3, -0.25) is 39.1 Å². The molecule has 0 aromatic heterocycles. The largest absolute Gasteiger partial charge is 0.507 e. The van der Waals surface area contributed by atoms with Gasteiger partial charge in [0.05, 0.1) is 74.2 Å². The van der Waals surface area contributed by atoms with E-state index in [0.29, 0.717) is 11.1 Å². The van der Waals surface area contributed by atoms with E-state index in [1.165, 1.54) is 40.1 Å². The molecule has 0 saturated carbocycles. The Morgan fingerprint density at radius 3 is 1.66 bits per heavy atom. The fourth-order valence-corrected chi connectivity index (χ4v) is 7.38. The number of hydrogen-bond acceptors (Lipinski definition) is 17. The predicted molar refractivity (Wildman–Crippen MR) is 217 cm³/mol. The second kappa shape index (κ2) is 19.6. The van der Waals surface area contributed by atoms with Crippen molar-refractivity contribution in [3.8, 4) is 28.7 Å². The fraction of sp³-hybridized carbons (Fsp3) is 0.341. The van der Waals surface area contributed by atoms with E-state index in [1.807, 2.05) is 0 Å². The zero-order valence-corrected chi connectivity index (χ0v) is 34.5. The summed E-state index contributed by atoms with van der Waals surface area (Å²) in [6, 6.07) is 18.2. The molecule has 2 heterocycles. The molecule has 4 aromatic carbocycles. The highest BCUT2D eigenvalue weighted by Crippen LogP contribution is 2.59. The van der Waals surface area contributed by atoms with Gasteiger partial charge >= 0.3 is 29.8 Å². The number of phenolic OH excluding ortho intramolecular Hbond substituents is 1. The average molecular weight is 856 g/mol. The molecule has 18 nitrogen and oxygen atoms in total. The van der Waals surface area contributed by atoms with Crippen molar-refractivity contribution in [3.05, 3.63) is 116 Å². The molecule has 0 aliphatic carbocycles. The maximum Gasteiger partial charge on any atom is 0.340 e. The topological polar surface area (TPSA) is 220 Å². The molecule has 62 heavy (non-hydrogen) atoms. The summed E-state index contributed by atoms with van der Waals surface area (Å²) in [5.41, 5.74) is -0.373. The molecule has 2 aliphatic heterocycles. The van der Waals surface area contributed by atoms with E-state index in [1.54, 1.807) is 70.2 Å². The van der Waals surface area contributed by atoms with Crippen LogP contribution in [0.2, 0.25) is 0 Å². The van der Waals surface area contributed by atoms with Gasteiger partial charge in [0.1, 0.15) is 28.7 Å². The smallest absolute Gasteiger partial charge is 0.340 e. The monoisotopic (exact) mass is 855 g/mol. The quantitative estimate of drug-likeness (QED) is 0.0531. The van der Waals surface area contributed by atoms with E-state index in [0.717, 1.165) is 0 Å². The SMILES string of the molecule is CCOC(=O)CN(CC(=O)OCC)Cc1c(O)ccc2c1Oc1c(ccc(Oc3ccc([N+](=O)[O-])cc3)c1CN(CC(=O)OCC)CC(=O)OCC)C21OC(=O)c2ccccc21. The van der Waals surface area contributed by atoms with Crippen molar-refractivity contribution in [3.63, 3.8) is 0 Å². The lowest BCUT2D eigenvalue weighted by molar-refractivity contribution is -0.384. The summed E-state index contributed by atoms with van der Waals surface area (Å²) in [5.74, 6) is -3.27. The van der Waals surface area contributed by atoms with Crippen molar-refractivity contribution in [2.24, 2.45) is 0 Å². The number of ether oxygens (including phenoxy) is 7. The maximum absolute atomic E-state index is 13.9. The summed E-state index contributed by atoms with van der Waals surface area (Å²) in [4.78, 5) is 79.3. The number of nitro groups is 1. The van der Waals surface area contributed by atoms with Gasteiger partial charge in [-0.25, -0.2) is 4.79 Å². The molecule has 1 atom stereocenters. The molecule has 0 saturated heterocycles. The molecule has 326 valence electrons. The Kier molecular flexibility index (Phi) is 14.0. The highest BCUT2D eigenvalue weighted by Gasteiger charge is 2.55. The number of benzene rings is 4. The highest BCUT2D eigenvalue weighted by atomic mass is 16.6. The minimum atomic E-state index is -1.74. The molecule has 6 rings (SSSR count). The average Bonchev–Trinajstić information content (AvgIpc) is 3.52. The minimum Gasteiger partial charge on any atom is -0.507 e. The van der Waals surface area contributed by atoms with Crippen LogP contribution >= 0.6 is 0 Å². The van der Waals surface area contributed by atoms with Crippen molar-refractivity contribution in [2.45, 2.75) is 46.4 Å². The minimum absolute atomic E-state index is 0.00390. The van der Waals surface area contributed by atoms with Crippen molar-refractivity contribution in [1.82, 2.24) is 9.80 Å². The fourth-order valence-electron chi connectivity index (χ4n) is 7.38. The molecule has 4 aromatic rings. The van der Waals surface area contributed by atoms with Crippen molar-refractivity contribution in [1.29, 1.82) is 0 Å². The number of rotatable bonds is 19. The van der Waals surface area contributed by atoms with Gasteiger partial charge in [-0.15, -0.1) is 0 Å². The van der Waals surface area contributed by atoms with Crippen LogP contribution in [-0.4, -0.2) is 102 Å². The van der Waals surface area contributed by atoms with Crippen LogP contribution < -0.4 is 9.47 Å². The summed E-state index contributed by atoms with van der Waals surface area (Å²) in [6.07, 6.45) is 0. The number of hydrogen-bond donors (Lipinski definition) is 1. The van der Waals surface area contributed by atoms with Crippen LogP contribution in [0.4, 0.5) is 5.69 Å². The summed E-state index contributed by atoms with van der Waals surface area (Å²) >= 11 is 0. The molecule has 18 heteroatoms. The number of nitro benzene ring substituents is 1. The maximum atomic E-state index is 13.9. The summed E-state index contributed by atoms with van der Waals surface area (Å²) in [5, 5.41) is 23.1. The lowest BCUT2D eigenvalue weighted by Gasteiger charge is -2.39. The lowest BCUT2D eigenvalue weighted by Crippen LogP contribution is -2.38. The number of carbonyl (C=O) groups is 5. The van der Waals surface area contributed by atoms with Gasteiger partial charge in [0.2, 0.25) is 0 Å². The zero-order chi connectivity index (χ0) is 44.6. The van der Waals surface area contributed by atoms with E-state index < -0.39 is 53.5 Å². The standard InChI is InChI=1S/C44H45N3O15/c1-5-56-37(49)23-45(24-38(50)57-6-2)21-30-35(48)19-17-33-41(30)61-42-31(22-46(25-39(51)58-7-3)26-40(52)59-8-4)36(60-28-15-13-27(14-16-28)47(54)55)20-18-34(42)44(33)32-12-10-9-11-29(32)43(53)62-44/h9-20,48H,5-8,21-26H2,1-4H3. The van der Waals surface area contributed by atoms with E-state index >= 15 is 0 Å². The third kappa shape index (κ3) is 9.45. The van der Waals surface area contributed by atoms with Crippen LogP contribution in [0.15, 0.2) is 72.8 Å². The molecule has 1 unspecified atom stereocenters. The first-order valence-corrected chi connectivity index (χ1v) is 19.8. The van der Waals surface area contributed by atoms with E-state index in [2.05, 4.69) is 0 Å². The summed E-state index contributed by atoms with van der Waals surface area (Å²) < 4.78 is 40.5. The van der Waals surface area contributed by atoms with Crippen molar-refractivity contribution >= 4 is 35.5 Å². The second-order valence-electron chi connectivity index (χ2n) is 13.9. The number of phenols is 1. The van der Waals surface area contributed by atoms with Crippen LogP contribution in [-0.2, 0) is 61.6 Å². The normalized spacial score (nSPS) is 14.6. The third-order valence-electron chi connectivity index (χ3n) is 9.86. The van der Waals surface area contributed by atoms with Gasteiger partial charge in [-0.2, -0.15) is 0 Å². The Labute approximate surface area is 355 Å². The second-order valence-corrected chi connectivity index (χ2v) is 13.9. The molecule has 0 radical (unpaired) electrons. The zero-order valence-electron chi connectivity index (χ0n) is 34.5. The van der Waals surface area contributed by atoms with Crippen LogP contribution in [0.3, 0.4) is 0 Å². The Hall–Kier alpha value is -7.05. The van der Waals surface area contributed by atoms with E-state index in [9.17, 15) is 39.2 Å². The van der Waals surface area contributed by atoms with Crippen molar-refractivity contribution < 1.29 is 67.2 Å². The van der Waals surface area contributed by atoms with Crippen LogP contribution in [0, 0.1) is 10.1 Å². The van der Waals surface area contributed by atoms with Gasteiger partial charge in [0.15, 0.2) is 5.60 Å². The number of nitrogens with zero attached hydrogens (tertiary/aromatic N) is 3. The number of aromatic hydroxyl groups is 1. The summed E-state index contributed by atoms with van der Waals surface area (Å²) in [7, 11) is 0. The third-order valence-corrected chi connectivity index (χ3v) is 9.86. The molecule has 1 spiro atoms. The van der Waals surface area contributed by atoms with Gasteiger partial charge in [-0.05, 0) is 70.2 Å². The predicted octanol–water partition coefficient (Wildman–Crippen LogP) is 5.52. The Morgan fingerprint density at radius 2 is 1.15 bits per heavy atom. The van der Waals surface area contributed by atoms with E-state index in [4.69, 9.17) is 33.2 Å². The van der Waals surface area contributed by atoms with Crippen LogP contribution in [0.1, 0.15) is 65.9 Å². The molecule has 2 aliphatic rings. The molecular formula is C44H45N3O15. The Morgan fingerprint density at radius 1 is 0.661 bits per heavy atom. The van der Waals surface area contributed by atoms with E-state index in [-0.39, 0.29) is 109 Å². The highest BCUT2D eigenvalue weighted by molar-refractivity contribution is 5.97. The molecular weight excluding hydrogens is 810 g/mol. The molecule has 0 bridgehead atoms. The van der Waals surface area contributed by atoms with Crippen molar-refractivity contribution in [2.75, 3.05) is 52.6 Å². The van der Waals surface area contributed by atoms with Crippen LogP contribution in [0.25, 0.3) is 0 Å². The number of non-ortho nitro benzene ring substituents is 1. The first-order valence-electron chi connectivity index (χ1n) is 19.8. The molecule has 0 fully saturated rings. The number of fused-ring (bicyclic) bond motifs is 6. The van der Waals surface area contributed by atoms with Crippen LogP contribution in [0.5, 0.6) is 28.7 Å². The Bertz CT molecular complexity index is 2330. The van der Waals surface area contributed by atoms with Gasteiger partial charge in [0.25, 0.3) is 5.69 Å². The number of carbonyl (C=O) groups excluding carboxylic acids is 5. The Balaban J connectivity index is 1.60. The summed E-state index contributed by atoms with van der Waals surface area (Å²) in [6.45, 7) is 4.72. The van der Waals surface area contributed by atoms with Gasteiger partial charge in [0, 0.05) is 41.9 Å².